The van der Waals surface area contributed by atoms with Crippen molar-refractivity contribution < 1.29 is 9.47 Å². The number of hydrogen-bond acceptors (Lipinski definition) is 4. The number of methoxy groups -OCH3 is 1. The summed E-state index contributed by atoms with van der Waals surface area (Å²) >= 11 is 5.62. The van der Waals surface area contributed by atoms with Gasteiger partial charge < -0.3 is 14.4 Å². The fourth-order valence-corrected chi connectivity index (χ4v) is 2.23. The van der Waals surface area contributed by atoms with Crippen LogP contribution >= 0.6 is 11.6 Å². The number of piperidine rings is 1. The highest BCUT2D eigenvalue weighted by atomic mass is 35.5. The normalized spacial score (nSPS) is 16.9. The largest absolute Gasteiger partial charge is 0.495 e. The lowest BCUT2D eigenvalue weighted by Crippen LogP contribution is -2.37. The first kappa shape index (κ1) is 13.4. The van der Waals surface area contributed by atoms with Crippen molar-refractivity contribution in [2.45, 2.75) is 18.9 Å². The molecule has 2 rings (SSSR count). The molecule has 5 heteroatoms. The summed E-state index contributed by atoms with van der Waals surface area (Å²) in [7, 11) is 1.65. The zero-order valence-electron chi connectivity index (χ0n) is 10.6. The second-order valence-corrected chi connectivity index (χ2v) is 4.68. The van der Waals surface area contributed by atoms with Gasteiger partial charge in [-0.2, -0.15) is 0 Å². The molecule has 2 heterocycles. The third-order valence-corrected chi connectivity index (χ3v) is 3.31. The molecule has 0 radical (unpaired) electrons. The van der Waals surface area contributed by atoms with Crippen molar-refractivity contribution in [3.8, 4) is 5.75 Å². The zero-order chi connectivity index (χ0) is 12.8. The van der Waals surface area contributed by atoms with E-state index in [2.05, 4.69) is 9.88 Å². The van der Waals surface area contributed by atoms with Crippen molar-refractivity contribution in [2.75, 3.05) is 37.6 Å². The van der Waals surface area contributed by atoms with E-state index in [1.165, 1.54) is 0 Å². The first-order valence-corrected chi connectivity index (χ1v) is 6.79. The Kier molecular flexibility index (Phi) is 5.08. The quantitative estimate of drug-likeness (QED) is 0.769. The number of hydrogen-bond donors (Lipinski definition) is 0. The van der Waals surface area contributed by atoms with Crippen LogP contribution in [0.15, 0.2) is 18.3 Å². The number of pyridine rings is 1. The van der Waals surface area contributed by atoms with Gasteiger partial charge in [-0.05, 0) is 25.0 Å². The molecule has 1 aliphatic rings. The monoisotopic (exact) mass is 270 g/mol. The standard InChI is InChI=1S/C13H19ClN2O2/c1-17-12-2-3-13(15-10-12)16-7-4-11(5-8-16)18-9-6-14/h2-3,10-11H,4-9H2,1H3. The van der Waals surface area contributed by atoms with Crippen LogP contribution in [0.25, 0.3) is 0 Å². The lowest BCUT2D eigenvalue weighted by atomic mass is 10.1. The van der Waals surface area contributed by atoms with Crippen molar-refractivity contribution in [1.29, 1.82) is 0 Å². The van der Waals surface area contributed by atoms with Gasteiger partial charge in [0.15, 0.2) is 0 Å². The van der Waals surface area contributed by atoms with Gasteiger partial charge in [0, 0.05) is 19.0 Å². The predicted molar refractivity (Wildman–Crippen MR) is 72.7 cm³/mol. The Morgan fingerprint density at radius 3 is 2.72 bits per heavy atom. The van der Waals surface area contributed by atoms with Gasteiger partial charge in [0.25, 0.3) is 0 Å². The van der Waals surface area contributed by atoms with Crippen molar-refractivity contribution in [2.24, 2.45) is 0 Å². The number of alkyl halides is 1. The number of aromatic nitrogens is 1. The van der Waals surface area contributed by atoms with Gasteiger partial charge in [-0.1, -0.05) is 0 Å². The molecular formula is C13H19ClN2O2. The van der Waals surface area contributed by atoms with E-state index >= 15 is 0 Å². The van der Waals surface area contributed by atoms with Crippen LogP contribution in [0, 0.1) is 0 Å². The molecule has 0 saturated carbocycles. The van der Waals surface area contributed by atoms with Crippen LogP contribution in [0.4, 0.5) is 5.82 Å². The molecule has 1 aromatic heterocycles. The van der Waals surface area contributed by atoms with Gasteiger partial charge in [0.1, 0.15) is 11.6 Å². The lowest BCUT2D eigenvalue weighted by Gasteiger charge is -2.32. The van der Waals surface area contributed by atoms with Crippen molar-refractivity contribution >= 4 is 17.4 Å². The van der Waals surface area contributed by atoms with Crippen molar-refractivity contribution in [3.63, 3.8) is 0 Å². The Hall–Kier alpha value is -1.00. The molecule has 1 saturated heterocycles. The average molecular weight is 271 g/mol. The van der Waals surface area contributed by atoms with Gasteiger partial charge in [-0.3, -0.25) is 0 Å². The summed E-state index contributed by atoms with van der Waals surface area (Å²) in [6.07, 6.45) is 4.17. The highest BCUT2D eigenvalue weighted by molar-refractivity contribution is 6.17. The molecule has 0 aromatic carbocycles. The zero-order valence-corrected chi connectivity index (χ0v) is 11.4. The molecule has 0 amide bonds. The van der Waals surface area contributed by atoms with Crippen LogP contribution in [-0.2, 0) is 4.74 Å². The van der Waals surface area contributed by atoms with E-state index in [1.54, 1.807) is 13.3 Å². The Morgan fingerprint density at radius 2 is 2.17 bits per heavy atom. The highest BCUT2D eigenvalue weighted by Gasteiger charge is 2.20. The molecule has 0 spiro atoms. The topological polar surface area (TPSA) is 34.6 Å². The van der Waals surface area contributed by atoms with Crippen LogP contribution in [0.3, 0.4) is 0 Å². The fourth-order valence-electron chi connectivity index (χ4n) is 2.14. The molecule has 0 aliphatic carbocycles. The minimum atomic E-state index is 0.346. The van der Waals surface area contributed by atoms with Crippen LogP contribution in [0.5, 0.6) is 5.75 Å². The molecule has 4 nitrogen and oxygen atoms in total. The molecule has 0 N–H and O–H groups in total. The summed E-state index contributed by atoms with van der Waals surface area (Å²) in [4.78, 5) is 6.68. The minimum Gasteiger partial charge on any atom is -0.495 e. The second kappa shape index (κ2) is 6.81. The molecule has 0 unspecified atom stereocenters. The number of anilines is 1. The van der Waals surface area contributed by atoms with Crippen LogP contribution in [0.2, 0.25) is 0 Å². The van der Waals surface area contributed by atoms with Gasteiger partial charge in [-0.25, -0.2) is 4.98 Å². The van der Waals surface area contributed by atoms with Crippen LogP contribution in [-0.4, -0.2) is 43.8 Å². The van der Waals surface area contributed by atoms with Crippen LogP contribution < -0.4 is 9.64 Å². The Bertz CT molecular complexity index is 351. The maximum atomic E-state index is 5.65. The molecule has 0 atom stereocenters. The second-order valence-electron chi connectivity index (χ2n) is 4.30. The van der Waals surface area contributed by atoms with E-state index in [0.29, 0.717) is 18.6 Å². The van der Waals surface area contributed by atoms with Gasteiger partial charge in [0.2, 0.25) is 0 Å². The minimum absolute atomic E-state index is 0.346. The molecule has 18 heavy (non-hydrogen) atoms. The summed E-state index contributed by atoms with van der Waals surface area (Å²) in [5.41, 5.74) is 0. The fraction of sp³-hybridized carbons (Fsp3) is 0.615. The first-order chi connectivity index (χ1) is 8.83. The van der Waals surface area contributed by atoms with E-state index in [4.69, 9.17) is 21.1 Å². The number of ether oxygens (including phenoxy) is 2. The molecule has 100 valence electrons. The van der Waals surface area contributed by atoms with Gasteiger partial charge in [-0.15, -0.1) is 11.6 Å². The maximum Gasteiger partial charge on any atom is 0.137 e. The SMILES string of the molecule is COc1ccc(N2CCC(OCCCl)CC2)nc1. The third kappa shape index (κ3) is 3.50. The maximum absolute atomic E-state index is 5.65. The number of halogens is 1. The molecule has 1 fully saturated rings. The summed E-state index contributed by atoms with van der Waals surface area (Å²) in [5, 5.41) is 0. The van der Waals surface area contributed by atoms with Gasteiger partial charge >= 0.3 is 0 Å². The van der Waals surface area contributed by atoms with E-state index < -0.39 is 0 Å². The Balaban J connectivity index is 1.84. The first-order valence-electron chi connectivity index (χ1n) is 6.26. The van der Waals surface area contributed by atoms with Crippen molar-refractivity contribution in [1.82, 2.24) is 4.98 Å². The Morgan fingerprint density at radius 1 is 1.39 bits per heavy atom. The summed E-state index contributed by atoms with van der Waals surface area (Å²) in [6, 6.07) is 3.94. The highest BCUT2D eigenvalue weighted by Crippen LogP contribution is 2.21. The van der Waals surface area contributed by atoms with E-state index in [9.17, 15) is 0 Å². The van der Waals surface area contributed by atoms with Crippen molar-refractivity contribution in [3.05, 3.63) is 18.3 Å². The van der Waals surface area contributed by atoms with E-state index in [1.807, 2.05) is 12.1 Å². The smallest absolute Gasteiger partial charge is 0.137 e. The summed E-state index contributed by atoms with van der Waals surface area (Å²) < 4.78 is 10.8. The Labute approximate surface area is 113 Å². The molecule has 1 aromatic rings. The summed E-state index contributed by atoms with van der Waals surface area (Å²) in [5.74, 6) is 2.37. The molecular weight excluding hydrogens is 252 g/mol. The molecule has 0 bridgehead atoms. The van der Waals surface area contributed by atoms with Gasteiger partial charge in [0.05, 0.1) is 26.0 Å². The van der Waals surface area contributed by atoms with Crippen LogP contribution in [0.1, 0.15) is 12.8 Å². The lowest BCUT2D eigenvalue weighted by molar-refractivity contribution is 0.0471. The summed E-state index contributed by atoms with van der Waals surface area (Å²) in [6.45, 7) is 2.60. The number of rotatable bonds is 5. The predicted octanol–water partition coefficient (Wildman–Crippen LogP) is 2.31. The van der Waals surface area contributed by atoms with E-state index in [0.717, 1.165) is 37.5 Å². The van der Waals surface area contributed by atoms with E-state index in [-0.39, 0.29) is 0 Å². The molecule has 1 aliphatic heterocycles. The number of nitrogens with zero attached hydrogens (tertiary/aromatic N) is 2. The third-order valence-electron chi connectivity index (χ3n) is 3.15. The average Bonchev–Trinajstić information content (AvgIpc) is 2.46.